The van der Waals surface area contributed by atoms with Crippen LogP contribution < -0.4 is 0 Å². The summed E-state index contributed by atoms with van der Waals surface area (Å²) in [6.45, 7) is 2.17. The van der Waals surface area contributed by atoms with E-state index >= 15 is 0 Å². The van der Waals surface area contributed by atoms with Crippen molar-refractivity contribution in [2.24, 2.45) is 0 Å². The van der Waals surface area contributed by atoms with E-state index in [2.05, 4.69) is 4.74 Å². The molecule has 0 unspecified atom stereocenters. The van der Waals surface area contributed by atoms with Gasteiger partial charge in [-0.3, -0.25) is 9.59 Å². The maximum Gasteiger partial charge on any atom is 0.306 e. The lowest BCUT2D eigenvalue weighted by molar-refractivity contribution is -0.144. The largest absolute Gasteiger partial charge is 0.466 e. The molecule has 0 saturated carbocycles. The van der Waals surface area contributed by atoms with E-state index in [0.717, 1.165) is 0 Å². The molecule has 0 fully saturated rings. The fraction of sp³-hybridized carbons (Fsp3) is 0.778. The van der Waals surface area contributed by atoms with Crippen molar-refractivity contribution in [3.05, 3.63) is 0 Å². The number of hydrogen-bond donors (Lipinski definition) is 1. The van der Waals surface area contributed by atoms with Crippen molar-refractivity contribution in [2.75, 3.05) is 24.7 Å². The van der Waals surface area contributed by atoms with Gasteiger partial charge >= 0.3 is 5.97 Å². The van der Waals surface area contributed by atoms with Gasteiger partial charge in [0.05, 0.1) is 25.4 Å². The molecule has 0 radical (unpaired) electrons. The third-order valence-corrected chi connectivity index (χ3v) is 2.41. The Bertz CT molecular complexity index is 182. The molecular weight excluding hydrogens is 204 g/mol. The first kappa shape index (κ1) is 13.4. The molecule has 1 N–H and O–H groups in total. The molecule has 0 saturated heterocycles. The van der Waals surface area contributed by atoms with Crippen molar-refractivity contribution in [3.8, 4) is 0 Å². The van der Waals surface area contributed by atoms with Gasteiger partial charge in [-0.15, -0.1) is 0 Å². The molecule has 0 rings (SSSR count). The molecule has 0 aliphatic carbocycles. The van der Waals surface area contributed by atoms with Gasteiger partial charge in [0, 0.05) is 12.2 Å². The standard InChI is InChI=1S/C9H16O4S/c1-2-13-9(12)4-3-8(11)7-14-6-5-10/h10H,2-7H2,1H3. The fourth-order valence-corrected chi connectivity index (χ4v) is 1.44. The van der Waals surface area contributed by atoms with Gasteiger partial charge in [0.1, 0.15) is 5.78 Å². The second-order valence-corrected chi connectivity index (χ2v) is 3.73. The van der Waals surface area contributed by atoms with Crippen LogP contribution in [0.1, 0.15) is 19.8 Å². The number of carbonyl (C=O) groups excluding carboxylic acids is 2. The lowest BCUT2D eigenvalue weighted by Gasteiger charge is -2.01. The molecule has 0 atom stereocenters. The van der Waals surface area contributed by atoms with Crippen LogP contribution >= 0.6 is 11.8 Å². The van der Waals surface area contributed by atoms with Gasteiger partial charge in [0.15, 0.2) is 0 Å². The van der Waals surface area contributed by atoms with Gasteiger partial charge in [0.2, 0.25) is 0 Å². The normalized spacial score (nSPS) is 9.86. The highest BCUT2D eigenvalue weighted by Gasteiger charge is 2.07. The Balaban J connectivity index is 3.39. The predicted octanol–water partition coefficient (Wildman–Crippen LogP) is 0.624. The van der Waals surface area contributed by atoms with Crippen molar-refractivity contribution in [1.82, 2.24) is 0 Å². The highest BCUT2D eigenvalue weighted by molar-refractivity contribution is 7.99. The van der Waals surface area contributed by atoms with Crippen molar-refractivity contribution < 1.29 is 19.4 Å². The Morgan fingerprint density at radius 2 is 2.07 bits per heavy atom. The van der Waals surface area contributed by atoms with E-state index in [1.54, 1.807) is 6.92 Å². The Hall–Kier alpha value is -0.550. The third-order valence-electron chi connectivity index (χ3n) is 1.41. The van der Waals surface area contributed by atoms with Gasteiger partial charge < -0.3 is 9.84 Å². The van der Waals surface area contributed by atoms with E-state index in [1.807, 2.05) is 0 Å². The Morgan fingerprint density at radius 1 is 1.36 bits per heavy atom. The van der Waals surface area contributed by atoms with Gasteiger partial charge in [-0.2, -0.15) is 11.8 Å². The van der Waals surface area contributed by atoms with Crippen LogP contribution in [0.25, 0.3) is 0 Å². The summed E-state index contributed by atoms with van der Waals surface area (Å²) in [7, 11) is 0. The topological polar surface area (TPSA) is 63.6 Å². The number of Topliss-reactive ketones (excluding diaryl/α,β-unsaturated/α-hetero) is 1. The van der Waals surface area contributed by atoms with Gasteiger partial charge in [-0.05, 0) is 6.92 Å². The maximum absolute atomic E-state index is 11.1. The molecule has 0 amide bonds. The van der Waals surface area contributed by atoms with Gasteiger partial charge in [-0.1, -0.05) is 0 Å². The molecule has 0 bridgehead atoms. The number of ether oxygens (including phenoxy) is 1. The summed E-state index contributed by atoms with van der Waals surface area (Å²) in [5.74, 6) is 0.620. The Labute approximate surface area is 88.0 Å². The molecule has 0 aromatic carbocycles. The van der Waals surface area contributed by atoms with E-state index in [0.29, 0.717) is 18.1 Å². The smallest absolute Gasteiger partial charge is 0.306 e. The van der Waals surface area contributed by atoms with E-state index in [1.165, 1.54) is 11.8 Å². The van der Waals surface area contributed by atoms with Crippen LogP contribution in [-0.2, 0) is 14.3 Å². The summed E-state index contributed by atoms with van der Waals surface area (Å²) < 4.78 is 4.68. The van der Waals surface area contributed by atoms with E-state index in [-0.39, 0.29) is 31.2 Å². The number of carbonyl (C=O) groups is 2. The number of thioether (sulfide) groups is 1. The molecule has 82 valence electrons. The second-order valence-electron chi connectivity index (χ2n) is 2.62. The van der Waals surface area contributed by atoms with Gasteiger partial charge in [-0.25, -0.2) is 0 Å². The summed E-state index contributed by atoms with van der Waals surface area (Å²) in [6, 6.07) is 0. The van der Waals surface area contributed by atoms with Crippen LogP contribution in [-0.4, -0.2) is 41.6 Å². The van der Waals surface area contributed by atoms with Crippen molar-refractivity contribution in [3.63, 3.8) is 0 Å². The maximum atomic E-state index is 11.1. The molecule has 0 aromatic rings. The summed E-state index contributed by atoms with van der Waals surface area (Å²) in [5, 5.41) is 8.46. The van der Waals surface area contributed by atoms with Crippen LogP contribution in [0.5, 0.6) is 0 Å². The molecule has 5 heteroatoms. The summed E-state index contributed by atoms with van der Waals surface area (Å²) >= 11 is 1.37. The number of ketones is 1. The lowest BCUT2D eigenvalue weighted by atomic mass is 10.2. The molecule has 0 aromatic heterocycles. The molecule has 14 heavy (non-hydrogen) atoms. The fourth-order valence-electron chi connectivity index (χ4n) is 0.797. The first-order valence-corrected chi connectivity index (χ1v) is 5.72. The minimum absolute atomic E-state index is 0.0245. The van der Waals surface area contributed by atoms with Crippen LogP contribution in [0.2, 0.25) is 0 Å². The molecule has 4 nitrogen and oxygen atoms in total. The summed E-state index contributed by atoms with van der Waals surface area (Å²) in [4.78, 5) is 22.0. The Kier molecular flexibility index (Phi) is 8.67. The minimum Gasteiger partial charge on any atom is -0.466 e. The lowest BCUT2D eigenvalue weighted by Crippen LogP contribution is -2.09. The first-order chi connectivity index (χ1) is 6.70. The van der Waals surface area contributed by atoms with E-state index < -0.39 is 0 Å². The van der Waals surface area contributed by atoms with Crippen LogP contribution in [0.15, 0.2) is 0 Å². The zero-order valence-corrected chi connectivity index (χ0v) is 9.14. The quantitative estimate of drug-likeness (QED) is 0.480. The number of rotatable bonds is 8. The average Bonchev–Trinajstić information content (AvgIpc) is 2.16. The number of hydrogen-bond acceptors (Lipinski definition) is 5. The number of aliphatic hydroxyl groups excluding tert-OH is 1. The predicted molar refractivity (Wildman–Crippen MR) is 55.3 cm³/mol. The van der Waals surface area contributed by atoms with E-state index in [9.17, 15) is 9.59 Å². The summed E-state index contributed by atoms with van der Waals surface area (Å²) in [5.41, 5.74) is 0. The first-order valence-electron chi connectivity index (χ1n) is 4.56. The van der Waals surface area contributed by atoms with Crippen molar-refractivity contribution in [1.29, 1.82) is 0 Å². The zero-order valence-electron chi connectivity index (χ0n) is 8.32. The highest BCUT2D eigenvalue weighted by Crippen LogP contribution is 2.03. The van der Waals surface area contributed by atoms with Crippen LogP contribution in [0.4, 0.5) is 0 Å². The molecule has 0 spiro atoms. The van der Waals surface area contributed by atoms with Crippen molar-refractivity contribution >= 4 is 23.5 Å². The second kappa shape index (κ2) is 9.02. The van der Waals surface area contributed by atoms with Crippen molar-refractivity contribution in [2.45, 2.75) is 19.8 Å². The van der Waals surface area contributed by atoms with Gasteiger partial charge in [0.25, 0.3) is 0 Å². The minimum atomic E-state index is -0.326. The Morgan fingerprint density at radius 3 is 2.64 bits per heavy atom. The average molecular weight is 220 g/mol. The zero-order chi connectivity index (χ0) is 10.8. The van der Waals surface area contributed by atoms with Crippen LogP contribution in [0, 0.1) is 0 Å². The molecular formula is C9H16O4S. The molecule has 0 aliphatic rings. The number of aliphatic hydroxyl groups is 1. The molecule has 0 heterocycles. The SMILES string of the molecule is CCOC(=O)CCC(=O)CSCCO. The summed E-state index contributed by atoms with van der Waals surface area (Å²) in [6.07, 6.45) is 0.392. The third kappa shape index (κ3) is 8.07. The number of esters is 1. The van der Waals surface area contributed by atoms with Crippen LogP contribution in [0.3, 0.4) is 0 Å². The highest BCUT2D eigenvalue weighted by atomic mass is 32.2. The van der Waals surface area contributed by atoms with E-state index in [4.69, 9.17) is 5.11 Å². The molecule has 0 aliphatic heterocycles. The monoisotopic (exact) mass is 220 g/mol.